The molecule has 0 atom stereocenters. The molecule has 10 heteroatoms. The van der Waals surface area contributed by atoms with E-state index in [1.54, 1.807) is 26.0 Å². The highest BCUT2D eigenvalue weighted by atomic mass is 16.5. The minimum atomic E-state index is -0.0868. The van der Waals surface area contributed by atoms with Crippen molar-refractivity contribution in [1.82, 2.24) is 30.1 Å². The van der Waals surface area contributed by atoms with Crippen molar-refractivity contribution >= 4 is 10.9 Å². The van der Waals surface area contributed by atoms with E-state index < -0.39 is 0 Å². The molecule has 0 spiro atoms. The van der Waals surface area contributed by atoms with Crippen LogP contribution in [0.5, 0.6) is 11.5 Å². The molecular weight excluding hydrogens is 472 g/mol. The number of H-pyrrole nitrogens is 1. The summed E-state index contributed by atoms with van der Waals surface area (Å²) in [5.41, 5.74) is 4.76. The van der Waals surface area contributed by atoms with Gasteiger partial charge in [-0.3, -0.25) is 9.69 Å². The molecule has 0 unspecified atom stereocenters. The number of rotatable bonds is 12. The maximum absolute atomic E-state index is 13.1. The Morgan fingerprint density at radius 2 is 1.76 bits per heavy atom. The minimum Gasteiger partial charge on any atom is -0.493 e. The molecule has 0 aliphatic rings. The Balaban J connectivity index is 1.62. The first kappa shape index (κ1) is 26.3. The van der Waals surface area contributed by atoms with Gasteiger partial charge in [-0.05, 0) is 65.6 Å². The van der Waals surface area contributed by atoms with Crippen LogP contribution in [0, 0.1) is 13.8 Å². The zero-order valence-electron chi connectivity index (χ0n) is 22.1. The predicted molar refractivity (Wildman–Crippen MR) is 141 cm³/mol. The third-order valence-corrected chi connectivity index (χ3v) is 6.56. The van der Waals surface area contributed by atoms with Crippen molar-refractivity contribution in [2.45, 2.75) is 39.9 Å². The predicted octanol–water partition coefficient (Wildman–Crippen LogP) is 3.04. The van der Waals surface area contributed by atoms with Gasteiger partial charge in [-0.15, -0.1) is 5.10 Å². The number of tetrazole rings is 1. The summed E-state index contributed by atoms with van der Waals surface area (Å²) in [6, 6.07) is 12.0. The summed E-state index contributed by atoms with van der Waals surface area (Å²) in [5, 5.41) is 13.3. The maximum Gasteiger partial charge on any atom is 0.252 e. The van der Waals surface area contributed by atoms with Crippen molar-refractivity contribution in [2.75, 3.05) is 34.5 Å². The van der Waals surface area contributed by atoms with Gasteiger partial charge in [-0.25, -0.2) is 4.68 Å². The normalized spacial score (nSPS) is 11.4. The van der Waals surface area contributed by atoms with Crippen molar-refractivity contribution < 1.29 is 14.2 Å². The molecule has 37 heavy (non-hydrogen) atoms. The first-order valence-corrected chi connectivity index (χ1v) is 12.2. The number of aromatic nitrogens is 5. The van der Waals surface area contributed by atoms with Gasteiger partial charge in [0.2, 0.25) is 0 Å². The SMILES string of the molecule is COCCn1nnnc1CN(CCc1ccc(OC)c(OC)c1)Cc1cc2c(C)ccc(C)c2[nH]c1=O. The standard InChI is InChI=1S/C27H34N6O4/c1-18-6-7-19(2)26-22(18)15-21(27(34)28-26)16-32(17-25-29-30-31-33(25)12-13-35-3)11-10-20-8-9-23(36-4)24(14-20)37-5/h6-9,14-15H,10-13,16-17H2,1-5H3,(H,28,34). The molecule has 0 saturated carbocycles. The highest BCUT2D eigenvalue weighted by molar-refractivity contribution is 5.85. The minimum absolute atomic E-state index is 0.0868. The maximum atomic E-state index is 13.1. The molecule has 0 aliphatic heterocycles. The zero-order valence-corrected chi connectivity index (χ0v) is 22.1. The Labute approximate surface area is 216 Å². The van der Waals surface area contributed by atoms with Crippen molar-refractivity contribution in [3.05, 3.63) is 74.8 Å². The Morgan fingerprint density at radius 1 is 0.973 bits per heavy atom. The molecule has 0 aliphatic carbocycles. The third kappa shape index (κ3) is 6.15. The van der Waals surface area contributed by atoms with E-state index in [4.69, 9.17) is 14.2 Å². The van der Waals surface area contributed by atoms with Gasteiger partial charge in [-0.2, -0.15) is 0 Å². The number of aromatic amines is 1. The van der Waals surface area contributed by atoms with E-state index in [0.717, 1.165) is 34.0 Å². The number of aryl methyl sites for hydroxylation is 2. The number of fused-ring (bicyclic) bond motifs is 1. The van der Waals surface area contributed by atoms with Crippen LogP contribution in [0.1, 0.15) is 28.1 Å². The van der Waals surface area contributed by atoms with Crippen molar-refractivity contribution in [3.63, 3.8) is 0 Å². The number of pyridine rings is 1. The van der Waals surface area contributed by atoms with E-state index in [2.05, 4.69) is 38.4 Å². The van der Waals surface area contributed by atoms with E-state index in [9.17, 15) is 4.79 Å². The smallest absolute Gasteiger partial charge is 0.252 e. The summed E-state index contributed by atoms with van der Waals surface area (Å²) in [6.45, 7) is 6.73. The highest BCUT2D eigenvalue weighted by Crippen LogP contribution is 2.28. The molecule has 10 nitrogen and oxygen atoms in total. The number of hydrogen-bond donors (Lipinski definition) is 1. The first-order valence-electron chi connectivity index (χ1n) is 12.2. The average Bonchev–Trinajstić information content (AvgIpc) is 3.35. The summed E-state index contributed by atoms with van der Waals surface area (Å²) in [5.74, 6) is 2.09. The summed E-state index contributed by atoms with van der Waals surface area (Å²) >= 11 is 0. The second-order valence-corrected chi connectivity index (χ2v) is 9.07. The lowest BCUT2D eigenvalue weighted by Gasteiger charge is -2.22. The fourth-order valence-corrected chi connectivity index (χ4v) is 4.40. The molecule has 0 fully saturated rings. The largest absolute Gasteiger partial charge is 0.493 e. The Hall–Kier alpha value is -3.76. The topological polar surface area (TPSA) is 107 Å². The Kier molecular flexibility index (Phi) is 8.52. The lowest BCUT2D eigenvalue weighted by molar-refractivity contribution is 0.178. The lowest BCUT2D eigenvalue weighted by atomic mass is 10.0. The van der Waals surface area contributed by atoms with Gasteiger partial charge < -0.3 is 19.2 Å². The van der Waals surface area contributed by atoms with Crippen LogP contribution in [0.25, 0.3) is 10.9 Å². The lowest BCUT2D eigenvalue weighted by Crippen LogP contribution is -2.30. The Morgan fingerprint density at radius 3 is 2.51 bits per heavy atom. The zero-order chi connectivity index (χ0) is 26.4. The van der Waals surface area contributed by atoms with Crippen molar-refractivity contribution in [3.8, 4) is 11.5 Å². The van der Waals surface area contributed by atoms with E-state index in [0.29, 0.717) is 55.7 Å². The number of ether oxygens (including phenoxy) is 3. The van der Waals surface area contributed by atoms with Gasteiger partial charge in [0.1, 0.15) is 0 Å². The Bertz CT molecular complexity index is 1410. The summed E-state index contributed by atoms with van der Waals surface area (Å²) in [4.78, 5) is 18.4. The van der Waals surface area contributed by atoms with Crippen molar-refractivity contribution in [1.29, 1.82) is 0 Å². The van der Waals surface area contributed by atoms with Gasteiger partial charge in [0.25, 0.3) is 5.56 Å². The number of nitrogens with zero attached hydrogens (tertiary/aromatic N) is 5. The first-order chi connectivity index (χ1) is 17.9. The molecule has 0 amide bonds. The van der Waals surface area contributed by atoms with Crippen LogP contribution >= 0.6 is 0 Å². The van der Waals surface area contributed by atoms with E-state index in [-0.39, 0.29) is 5.56 Å². The van der Waals surface area contributed by atoms with Gasteiger partial charge >= 0.3 is 0 Å². The fraction of sp³-hybridized carbons (Fsp3) is 0.407. The molecule has 196 valence electrons. The molecule has 4 aromatic rings. The summed E-state index contributed by atoms with van der Waals surface area (Å²) in [7, 11) is 4.90. The van der Waals surface area contributed by atoms with Gasteiger partial charge in [0.05, 0.1) is 39.4 Å². The molecule has 0 saturated heterocycles. The molecule has 4 rings (SSSR count). The van der Waals surface area contributed by atoms with Crippen LogP contribution < -0.4 is 15.0 Å². The highest BCUT2D eigenvalue weighted by Gasteiger charge is 2.17. The van der Waals surface area contributed by atoms with Crippen LogP contribution in [-0.4, -0.2) is 64.6 Å². The fourth-order valence-electron chi connectivity index (χ4n) is 4.40. The molecule has 2 aromatic heterocycles. The van der Waals surface area contributed by atoms with Crippen LogP contribution in [0.4, 0.5) is 0 Å². The number of benzene rings is 2. The van der Waals surface area contributed by atoms with Gasteiger partial charge in [0.15, 0.2) is 17.3 Å². The van der Waals surface area contributed by atoms with Crippen LogP contribution in [0.2, 0.25) is 0 Å². The van der Waals surface area contributed by atoms with Crippen LogP contribution in [0.15, 0.2) is 41.2 Å². The second kappa shape index (κ2) is 12.0. The number of nitrogens with one attached hydrogen (secondary N) is 1. The molecule has 0 radical (unpaired) electrons. The van der Waals surface area contributed by atoms with E-state index in [1.807, 2.05) is 37.3 Å². The summed E-state index contributed by atoms with van der Waals surface area (Å²) in [6.07, 6.45) is 0.740. The second-order valence-electron chi connectivity index (χ2n) is 9.07. The van der Waals surface area contributed by atoms with Gasteiger partial charge in [-0.1, -0.05) is 18.2 Å². The van der Waals surface area contributed by atoms with Gasteiger partial charge in [0, 0.05) is 31.1 Å². The molecule has 2 heterocycles. The quantitative estimate of drug-likeness (QED) is 0.312. The van der Waals surface area contributed by atoms with Crippen LogP contribution in [-0.2, 0) is 30.8 Å². The molecule has 2 aromatic carbocycles. The monoisotopic (exact) mass is 506 g/mol. The number of methoxy groups -OCH3 is 3. The average molecular weight is 507 g/mol. The van der Waals surface area contributed by atoms with E-state index in [1.165, 1.54) is 0 Å². The van der Waals surface area contributed by atoms with Crippen LogP contribution in [0.3, 0.4) is 0 Å². The molecule has 0 bridgehead atoms. The van der Waals surface area contributed by atoms with E-state index >= 15 is 0 Å². The third-order valence-electron chi connectivity index (χ3n) is 6.56. The summed E-state index contributed by atoms with van der Waals surface area (Å²) < 4.78 is 17.8. The molecule has 1 N–H and O–H groups in total. The number of hydrogen-bond acceptors (Lipinski definition) is 8. The molecular formula is C27H34N6O4. The van der Waals surface area contributed by atoms with Crippen molar-refractivity contribution in [2.24, 2.45) is 0 Å².